The van der Waals surface area contributed by atoms with Crippen molar-refractivity contribution in [3.63, 3.8) is 0 Å². The summed E-state index contributed by atoms with van der Waals surface area (Å²) in [5, 5.41) is 4.21. The number of amides is 1. The summed E-state index contributed by atoms with van der Waals surface area (Å²) < 4.78 is 1.61. The summed E-state index contributed by atoms with van der Waals surface area (Å²) in [5.41, 5.74) is 8.60. The van der Waals surface area contributed by atoms with Crippen molar-refractivity contribution >= 4 is 17.3 Å². The molecule has 2 rings (SSSR count). The van der Waals surface area contributed by atoms with Crippen molar-refractivity contribution < 1.29 is 4.79 Å². The molecule has 0 fully saturated rings. The zero-order valence-electron chi connectivity index (χ0n) is 11.4. The van der Waals surface area contributed by atoms with Crippen molar-refractivity contribution in [1.82, 2.24) is 9.78 Å². The fourth-order valence-electron chi connectivity index (χ4n) is 2.05. The number of anilines is 2. The molecule has 0 atom stereocenters. The number of aryl methyl sites for hydroxylation is 2. The van der Waals surface area contributed by atoms with Crippen LogP contribution in [0.15, 0.2) is 30.3 Å². The molecule has 5 heteroatoms. The first-order chi connectivity index (χ1) is 9.02. The Bertz CT molecular complexity index is 586. The van der Waals surface area contributed by atoms with Gasteiger partial charge in [-0.1, -0.05) is 0 Å². The van der Waals surface area contributed by atoms with Gasteiger partial charge in [0.1, 0.15) is 5.69 Å². The van der Waals surface area contributed by atoms with E-state index in [1.165, 1.54) is 0 Å². The highest BCUT2D eigenvalue weighted by molar-refractivity contribution is 6.05. The average molecular weight is 258 g/mol. The Balaban J connectivity index is 2.34. The number of nitrogen functional groups attached to an aromatic ring is 1. The third-order valence-corrected chi connectivity index (χ3v) is 2.99. The van der Waals surface area contributed by atoms with Crippen LogP contribution in [0.25, 0.3) is 0 Å². The van der Waals surface area contributed by atoms with Crippen LogP contribution in [0.4, 0.5) is 11.4 Å². The summed E-state index contributed by atoms with van der Waals surface area (Å²) >= 11 is 0. The van der Waals surface area contributed by atoms with E-state index in [0.29, 0.717) is 17.9 Å². The lowest BCUT2D eigenvalue weighted by Crippen LogP contribution is -2.32. The summed E-state index contributed by atoms with van der Waals surface area (Å²) in [6, 6.07) is 9.07. The second kappa shape index (κ2) is 5.14. The first-order valence-corrected chi connectivity index (χ1v) is 6.21. The van der Waals surface area contributed by atoms with Gasteiger partial charge in [-0.25, -0.2) is 0 Å². The summed E-state index contributed by atoms with van der Waals surface area (Å²) in [6.45, 7) is 4.40. The highest BCUT2D eigenvalue weighted by Crippen LogP contribution is 2.19. The molecule has 0 saturated heterocycles. The molecule has 2 aromatic rings. The van der Waals surface area contributed by atoms with Crippen molar-refractivity contribution in [2.24, 2.45) is 7.05 Å². The van der Waals surface area contributed by atoms with Crippen molar-refractivity contribution in [3.05, 3.63) is 41.7 Å². The molecule has 0 aliphatic carbocycles. The van der Waals surface area contributed by atoms with E-state index >= 15 is 0 Å². The van der Waals surface area contributed by atoms with Crippen LogP contribution < -0.4 is 10.6 Å². The molecule has 1 aromatic heterocycles. The normalized spacial score (nSPS) is 10.5. The third-order valence-electron chi connectivity index (χ3n) is 2.99. The minimum Gasteiger partial charge on any atom is -0.399 e. The zero-order chi connectivity index (χ0) is 14.0. The average Bonchev–Trinajstić information content (AvgIpc) is 2.71. The number of benzene rings is 1. The Morgan fingerprint density at radius 3 is 2.47 bits per heavy atom. The monoisotopic (exact) mass is 258 g/mol. The van der Waals surface area contributed by atoms with Crippen LogP contribution in [0, 0.1) is 6.92 Å². The molecule has 0 aliphatic rings. The van der Waals surface area contributed by atoms with E-state index in [0.717, 1.165) is 11.4 Å². The third kappa shape index (κ3) is 2.59. The van der Waals surface area contributed by atoms with Crippen LogP contribution in [0.5, 0.6) is 0 Å². The lowest BCUT2D eigenvalue weighted by atomic mass is 10.2. The highest BCUT2D eigenvalue weighted by Gasteiger charge is 2.19. The lowest BCUT2D eigenvalue weighted by molar-refractivity contribution is 0.0979. The topological polar surface area (TPSA) is 64.2 Å². The maximum atomic E-state index is 12.5. The molecule has 0 bridgehead atoms. The molecule has 0 aliphatic heterocycles. The van der Waals surface area contributed by atoms with Gasteiger partial charge in [-0.15, -0.1) is 0 Å². The van der Waals surface area contributed by atoms with Gasteiger partial charge < -0.3 is 10.6 Å². The number of nitrogens with zero attached hydrogens (tertiary/aromatic N) is 3. The van der Waals surface area contributed by atoms with E-state index < -0.39 is 0 Å². The molecule has 0 unspecified atom stereocenters. The summed E-state index contributed by atoms with van der Waals surface area (Å²) in [6.07, 6.45) is 0. The van der Waals surface area contributed by atoms with Crippen molar-refractivity contribution in [3.8, 4) is 0 Å². The number of hydrogen-bond donors (Lipinski definition) is 1. The van der Waals surface area contributed by atoms with Crippen molar-refractivity contribution in [1.29, 1.82) is 0 Å². The van der Waals surface area contributed by atoms with Gasteiger partial charge in [-0.3, -0.25) is 9.48 Å². The standard InChI is InChI=1S/C14H18N4O/c1-4-18(12-7-5-11(15)6-8-12)14(19)13-9-10(2)16-17(13)3/h5-9H,4,15H2,1-3H3. The van der Waals surface area contributed by atoms with Crippen LogP contribution in [-0.4, -0.2) is 22.2 Å². The molecule has 1 heterocycles. The van der Waals surface area contributed by atoms with Crippen LogP contribution in [0.3, 0.4) is 0 Å². The van der Waals surface area contributed by atoms with Gasteiger partial charge in [-0.2, -0.15) is 5.10 Å². The maximum Gasteiger partial charge on any atom is 0.276 e. The number of aromatic nitrogens is 2. The molecular formula is C14H18N4O. The van der Waals surface area contributed by atoms with Gasteiger partial charge in [0.2, 0.25) is 0 Å². The van der Waals surface area contributed by atoms with Gasteiger partial charge in [0, 0.05) is 25.0 Å². The van der Waals surface area contributed by atoms with Crippen LogP contribution in [-0.2, 0) is 7.05 Å². The van der Waals surface area contributed by atoms with E-state index in [-0.39, 0.29) is 5.91 Å². The second-order valence-electron chi connectivity index (χ2n) is 4.44. The first kappa shape index (κ1) is 13.1. The quantitative estimate of drug-likeness (QED) is 0.856. The molecule has 1 aromatic carbocycles. The SMILES string of the molecule is CCN(C(=O)c1cc(C)nn1C)c1ccc(N)cc1. The summed E-state index contributed by atoms with van der Waals surface area (Å²) in [7, 11) is 1.77. The van der Waals surface area contributed by atoms with E-state index in [1.54, 1.807) is 34.8 Å². The largest absolute Gasteiger partial charge is 0.399 e. The molecule has 0 saturated carbocycles. The molecule has 0 spiro atoms. The Morgan fingerprint density at radius 2 is 2.00 bits per heavy atom. The van der Waals surface area contributed by atoms with Crippen LogP contribution in [0.2, 0.25) is 0 Å². The molecule has 1 amide bonds. The van der Waals surface area contributed by atoms with Crippen LogP contribution in [0.1, 0.15) is 23.1 Å². The number of nitrogens with two attached hydrogens (primary N) is 1. The number of carbonyl (C=O) groups is 1. The molecule has 5 nitrogen and oxygen atoms in total. The molecule has 0 radical (unpaired) electrons. The first-order valence-electron chi connectivity index (χ1n) is 6.21. The van der Waals surface area contributed by atoms with Gasteiger partial charge in [0.25, 0.3) is 5.91 Å². The van der Waals surface area contributed by atoms with Gasteiger partial charge in [0.05, 0.1) is 5.69 Å². The Labute approximate surface area is 112 Å². The number of carbonyl (C=O) groups excluding carboxylic acids is 1. The van der Waals surface area contributed by atoms with E-state index in [4.69, 9.17) is 5.73 Å². The van der Waals surface area contributed by atoms with E-state index in [2.05, 4.69) is 5.10 Å². The summed E-state index contributed by atoms with van der Waals surface area (Å²) in [4.78, 5) is 14.2. The van der Waals surface area contributed by atoms with Gasteiger partial charge in [-0.05, 0) is 44.2 Å². The number of hydrogen-bond acceptors (Lipinski definition) is 3. The highest BCUT2D eigenvalue weighted by atomic mass is 16.2. The Morgan fingerprint density at radius 1 is 1.37 bits per heavy atom. The molecule has 2 N–H and O–H groups in total. The minimum absolute atomic E-state index is 0.0598. The second-order valence-corrected chi connectivity index (χ2v) is 4.44. The fourth-order valence-corrected chi connectivity index (χ4v) is 2.05. The van der Waals surface area contributed by atoms with Crippen LogP contribution >= 0.6 is 0 Å². The molecule has 19 heavy (non-hydrogen) atoms. The Kier molecular flexibility index (Phi) is 3.55. The number of rotatable bonds is 3. The van der Waals surface area contributed by atoms with Gasteiger partial charge >= 0.3 is 0 Å². The maximum absolute atomic E-state index is 12.5. The zero-order valence-corrected chi connectivity index (χ0v) is 11.4. The predicted molar refractivity (Wildman–Crippen MR) is 76.1 cm³/mol. The molecular weight excluding hydrogens is 240 g/mol. The smallest absolute Gasteiger partial charge is 0.276 e. The Hall–Kier alpha value is -2.30. The van der Waals surface area contributed by atoms with Crippen molar-refractivity contribution in [2.45, 2.75) is 13.8 Å². The predicted octanol–water partition coefficient (Wildman–Crippen LogP) is 1.98. The lowest BCUT2D eigenvalue weighted by Gasteiger charge is -2.21. The van der Waals surface area contributed by atoms with Gasteiger partial charge in [0.15, 0.2) is 0 Å². The van der Waals surface area contributed by atoms with E-state index in [1.807, 2.05) is 26.0 Å². The summed E-state index contributed by atoms with van der Waals surface area (Å²) in [5.74, 6) is -0.0598. The molecule has 100 valence electrons. The van der Waals surface area contributed by atoms with Crippen molar-refractivity contribution in [2.75, 3.05) is 17.2 Å². The van der Waals surface area contributed by atoms with E-state index in [9.17, 15) is 4.79 Å². The minimum atomic E-state index is -0.0598. The fraction of sp³-hybridized carbons (Fsp3) is 0.286.